The van der Waals surface area contributed by atoms with Gasteiger partial charge in [-0.05, 0) is 18.6 Å². The van der Waals surface area contributed by atoms with Gasteiger partial charge in [-0.2, -0.15) is 0 Å². The van der Waals surface area contributed by atoms with Crippen molar-refractivity contribution >= 4 is 17.6 Å². The Morgan fingerprint density at radius 1 is 1.25 bits per heavy atom. The molecule has 1 saturated heterocycles. The first-order valence-electron chi connectivity index (χ1n) is 6.24. The van der Waals surface area contributed by atoms with Gasteiger partial charge in [0.2, 0.25) is 5.91 Å². The minimum Gasteiger partial charge on any atom is -0.497 e. The van der Waals surface area contributed by atoms with Crippen molar-refractivity contribution in [2.75, 3.05) is 26.2 Å². The lowest BCUT2D eigenvalue weighted by Gasteiger charge is -2.24. The van der Waals surface area contributed by atoms with Gasteiger partial charge in [0, 0.05) is 12.5 Å². The van der Waals surface area contributed by atoms with Gasteiger partial charge in [-0.1, -0.05) is 0 Å². The van der Waals surface area contributed by atoms with E-state index in [9.17, 15) is 9.59 Å². The molecule has 0 N–H and O–H groups in total. The second-order valence-corrected chi connectivity index (χ2v) is 4.38. The zero-order chi connectivity index (χ0) is 14.7. The lowest BCUT2D eigenvalue weighted by Crippen LogP contribution is -2.39. The van der Waals surface area contributed by atoms with E-state index in [-0.39, 0.29) is 5.91 Å². The molecule has 1 heterocycles. The molecule has 1 unspecified atom stereocenters. The average Bonchev–Trinajstić information content (AvgIpc) is 2.87. The summed E-state index contributed by atoms with van der Waals surface area (Å²) in [5, 5.41) is 0. The smallest absolute Gasteiger partial charge is 0.328 e. The van der Waals surface area contributed by atoms with Gasteiger partial charge in [0.1, 0.15) is 17.5 Å². The molecule has 0 spiro atoms. The minimum absolute atomic E-state index is 0.121. The van der Waals surface area contributed by atoms with Gasteiger partial charge in [0.15, 0.2) is 0 Å². The van der Waals surface area contributed by atoms with Gasteiger partial charge in [-0.15, -0.1) is 0 Å². The Kier molecular flexibility index (Phi) is 4.12. The van der Waals surface area contributed by atoms with Crippen LogP contribution in [0.4, 0.5) is 5.69 Å². The highest BCUT2D eigenvalue weighted by molar-refractivity contribution is 6.03. The summed E-state index contributed by atoms with van der Waals surface area (Å²) in [5.74, 6) is 0.554. The highest BCUT2D eigenvalue weighted by Gasteiger charge is 2.39. The number of anilines is 1. The predicted molar refractivity (Wildman–Crippen MR) is 72.1 cm³/mol. The summed E-state index contributed by atoms with van der Waals surface area (Å²) in [6.45, 7) is 0. The molecule has 20 heavy (non-hydrogen) atoms. The van der Waals surface area contributed by atoms with Crippen LogP contribution < -0.4 is 14.4 Å². The molecule has 1 aliphatic rings. The number of carbonyl (C=O) groups excluding carboxylic acids is 2. The molecule has 1 amide bonds. The van der Waals surface area contributed by atoms with E-state index in [0.29, 0.717) is 30.0 Å². The van der Waals surface area contributed by atoms with Crippen molar-refractivity contribution in [1.29, 1.82) is 0 Å². The molecule has 0 aromatic heterocycles. The maximum atomic E-state index is 12.1. The van der Waals surface area contributed by atoms with Crippen LogP contribution in [-0.4, -0.2) is 39.2 Å². The van der Waals surface area contributed by atoms with Crippen LogP contribution in [0.3, 0.4) is 0 Å². The number of amides is 1. The summed E-state index contributed by atoms with van der Waals surface area (Å²) in [6, 6.07) is 4.50. The van der Waals surface area contributed by atoms with Gasteiger partial charge in [0.05, 0.1) is 27.0 Å². The van der Waals surface area contributed by atoms with Crippen LogP contribution in [0.2, 0.25) is 0 Å². The Hall–Kier alpha value is -2.24. The molecule has 0 saturated carbocycles. The van der Waals surface area contributed by atoms with E-state index in [0.717, 1.165) is 0 Å². The van der Waals surface area contributed by atoms with E-state index in [2.05, 4.69) is 0 Å². The van der Waals surface area contributed by atoms with Crippen LogP contribution in [0.15, 0.2) is 18.2 Å². The standard InChI is InChI=1S/C14H17NO5/c1-18-9-4-5-10(12(8-9)19-2)15-11(14(17)20-3)6-7-13(15)16/h4-5,8,11H,6-7H2,1-3H3. The second kappa shape index (κ2) is 5.81. The fourth-order valence-corrected chi connectivity index (χ4v) is 2.33. The molecule has 1 aromatic carbocycles. The Morgan fingerprint density at radius 2 is 2.00 bits per heavy atom. The number of methoxy groups -OCH3 is 3. The first kappa shape index (κ1) is 14.2. The highest BCUT2D eigenvalue weighted by atomic mass is 16.5. The van der Waals surface area contributed by atoms with Crippen LogP contribution >= 0.6 is 0 Å². The van der Waals surface area contributed by atoms with Crippen molar-refractivity contribution in [2.45, 2.75) is 18.9 Å². The number of rotatable bonds is 4. The van der Waals surface area contributed by atoms with Crippen molar-refractivity contribution < 1.29 is 23.8 Å². The highest BCUT2D eigenvalue weighted by Crippen LogP contribution is 2.37. The van der Waals surface area contributed by atoms with E-state index in [1.807, 2.05) is 0 Å². The molecular formula is C14H17NO5. The molecule has 108 valence electrons. The molecule has 0 radical (unpaired) electrons. The molecule has 6 nitrogen and oxygen atoms in total. The van der Waals surface area contributed by atoms with Crippen molar-refractivity contribution in [2.24, 2.45) is 0 Å². The normalized spacial score (nSPS) is 18.1. The van der Waals surface area contributed by atoms with Crippen molar-refractivity contribution in [3.8, 4) is 11.5 Å². The zero-order valence-corrected chi connectivity index (χ0v) is 11.7. The van der Waals surface area contributed by atoms with E-state index < -0.39 is 12.0 Å². The van der Waals surface area contributed by atoms with Gasteiger partial charge >= 0.3 is 5.97 Å². The van der Waals surface area contributed by atoms with Crippen molar-refractivity contribution in [1.82, 2.24) is 0 Å². The summed E-state index contributed by atoms with van der Waals surface area (Å²) < 4.78 is 15.2. The predicted octanol–water partition coefficient (Wildman–Crippen LogP) is 1.37. The van der Waals surface area contributed by atoms with Gasteiger partial charge < -0.3 is 14.2 Å². The van der Waals surface area contributed by atoms with Crippen LogP contribution in [0.25, 0.3) is 0 Å². The SMILES string of the molecule is COC(=O)C1CCC(=O)N1c1ccc(OC)cc1OC. The van der Waals surface area contributed by atoms with Crippen LogP contribution in [0, 0.1) is 0 Å². The molecule has 1 atom stereocenters. The molecule has 2 rings (SSSR count). The largest absolute Gasteiger partial charge is 0.497 e. The van der Waals surface area contributed by atoms with Crippen LogP contribution in [-0.2, 0) is 14.3 Å². The Balaban J connectivity index is 2.42. The number of nitrogens with zero attached hydrogens (tertiary/aromatic N) is 1. The molecule has 1 aliphatic heterocycles. The average molecular weight is 279 g/mol. The number of carbonyl (C=O) groups is 2. The van der Waals surface area contributed by atoms with E-state index >= 15 is 0 Å². The van der Waals surface area contributed by atoms with E-state index in [4.69, 9.17) is 14.2 Å². The number of hydrogen-bond donors (Lipinski definition) is 0. The molecule has 0 aliphatic carbocycles. The number of benzene rings is 1. The molecule has 1 aromatic rings. The van der Waals surface area contributed by atoms with Crippen molar-refractivity contribution in [3.63, 3.8) is 0 Å². The molecular weight excluding hydrogens is 262 g/mol. The first-order valence-corrected chi connectivity index (χ1v) is 6.24. The van der Waals surface area contributed by atoms with Crippen LogP contribution in [0.5, 0.6) is 11.5 Å². The summed E-state index contributed by atoms with van der Waals surface area (Å²) >= 11 is 0. The Labute approximate surface area is 117 Å². The zero-order valence-electron chi connectivity index (χ0n) is 11.7. The minimum atomic E-state index is -0.602. The van der Waals surface area contributed by atoms with Crippen molar-refractivity contribution in [3.05, 3.63) is 18.2 Å². The van der Waals surface area contributed by atoms with Gasteiger partial charge in [0.25, 0.3) is 0 Å². The summed E-state index contributed by atoms with van der Waals surface area (Å²) in [7, 11) is 4.37. The summed E-state index contributed by atoms with van der Waals surface area (Å²) in [5.41, 5.74) is 0.547. The van der Waals surface area contributed by atoms with E-state index in [1.165, 1.54) is 19.1 Å². The molecule has 0 bridgehead atoms. The maximum absolute atomic E-state index is 12.1. The van der Waals surface area contributed by atoms with Gasteiger partial charge in [-0.25, -0.2) is 4.79 Å². The van der Waals surface area contributed by atoms with E-state index in [1.54, 1.807) is 25.3 Å². The third-order valence-electron chi connectivity index (χ3n) is 3.33. The summed E-state index contributed by atoms with van der Waals surface area (Å²) in [4.78, 5) is 25.3. The Morgan fingerprint density at radius 3 is 2.60 bits per heavy atom. The molecule has 6 heteroatoms. The monoisotopic (exact) mass is 279 g/mol. The third kappa shape index (κ3) is 2.41. The summed E-state index contributed by atoms with van der Waals surface area (Å²) in [6.07, 6.45) is 0.760. The van der Waals surface area contributed by atoms with Gasteiger partial charge in [-0.3, -0.25) is 9.69 Å². The fraction of sp³-hybridized carbons (Fsp3) is 0.429. The molecule has 1 fully saturated rings. The number of ether oxygens (including phenoxy) is 3. The lowest BCUT2D eigenvalue weighted by atomic mass is 10.2. The second-order valence-electron chi connectivity index (χ2n) is 4.38. The topological polar surface area (TPSA) is 65.1 Å². The maximum Gasteiger partial charge on any atom is 0.328 e. The Bertz CT molecular complexity index is 528. The first-order chi connectivity index (χ1) is 9.62. The lowest BCUT2D eigenvalue weighted by molar-refractivity contribution is -0.142. The third-order valence-corrected chi connectivity index (χ3v) is 3.33. The van der Waals surface area contributed by atoms with Crippen LogP contribution in [0.1, 0.15) is 12.8 Å². The quantitative estimate of drug-likeness (QED) is 0.779. The fourth-order valence-electron chi connectivity index (χ4n) is 2.33. The number of esters is 1. The number of hydrogen-bond acceptors (Lipinski definition) is 5.